The summed E-state index contributed by atoms with van der Waals surface area (Å²) in [5.41, 5.74) is 5.33. The van der Waals surface area contributed by atoms with Crippen LogP contribution in [0.4, 0.5) is 0 Å². The third-order valence-electron chi connectivity index (χ3n) is 4.02. The van der Waals surface area contributed by atoms with Crippen LogP contribution in [-0.2, 0) is 0 Å². The smallest absolute Gasteiger partial charge is 0.0656 e. The standard InChI is InChI=1S/C21H22Si/c1-22(2,3)20-16-10-15-19(20)21(17-11-6-4-7-12-17)18-13-8-5-9-14-18/h4-16H,1-3H3. The SMILES string of the molecule is C[Si](C)(C)C1=CC=CC1=C(c1ccccc1)c1ccccc1. The van der Waals surface area contributed by atoms with Crippen molar-refractivity contribution in [3.05, 3.63) is 101 Å². The van der Waals surface area contributed by atoms with Crippen LogP contribution in [0.1, 0.15) is 11.1 Å². The Kier molecular flexibility index (Phi) is 3.99. The molecule has 1 aliphatic carbocycles. The fraction of sp³-hybridized carbons (Fsp3) is 0.143. The molecular weight excluding hydrogens is 280 g/mol. The van der Waals surface area contributed by atoms with E-state index in [-0.39, 0.29) is 0 Å². The van der Waals surface area contributed by atoms with Gasteiger partial charge in [0.2, 0.25) is 0 Å². The largest absolute Gasteiger partial charge is 0.0784 e. The van der Waals surface area contributed by atoms with E-state index in [2.05, 4.69) is 98.5 Å². The van der Waals surface area contributed by atoms with Crippen molar-refractivity contribution in [2.24, 2.45) is 0 Å². The Balaban J connectivity index is 2.25. The zero-order valence-corrected chi connectivity index (χ0v) is 14.5. The average molecular weight is 302 g/mol. The monoisotopic (exact) mass is 302 g/mol. The van der Waals surface area contributed by atoms with Gasteiger partial charge >= 0.3 is 0 Å². The van der Waals surface area contributed by atoms with E-state index in [1.165, 1.54) is 27.5 Å². The Morgan fingerprint density at radius 3 is 1.68 bits per heavy atom. The third kappa shape index (κ3) is 2.90. The number of allylic oxidation sites excluding steroid dienone is 5. The Bertz CT molecular complexity index is 700. The highest BCUT2D eigenvalue weighted by Gasteiger charge is 2.26. The molecule has 2 aromatic rings. The van der Waals surface area contributed by atoms with Crippen LogP contribution in [0, 0.1) is 0 Å². The number of rotatable bonds is 3. The number of benzene rings is 2. The van der Waals surface area contributed by atoms with E-state index in [0.717, 1.165) is 0 Å². The van der Waals surface area contributed by atoms with Gasteiger partial charge in [0.25, 0.3) is 0 Å². The van der Waals surface area contributed by atoms with E-state index < -0.39 is 8.07 Å². The van der Waals surface area contributed by atoms with Crippen LogP contribution in [0.5, 0.6) is 0 Å². The van der Waals surface area contributed by atoms with E-state index in [4.69, 9.17) is 0 Å². The molecule has 3 rings (SSSR count). The van der Waals surface area contributed by atoms with Gasteiger partial charge in [0.05, 0.1) is 8.07 Å². The van der Waals surface area contributed by atoms with Crippen LogP contribution >= 0.6 is 0 Å². The van der Waals surface area contributed by atoms with Gasteiger partial charge in [-0.25, -0.2) is 0 Å². The van der Waals surface area contributed by atoms with Gasteiger partial charge in [-0.15, -0.1) is 0 Å². The predicted molar refractivity (Wildman–Crippen MR) is 99.5 cm³/mol. The lowest BCUT2D eigenvalue weighted by molar-refractivity contribution is 1.50. The first kappa shape index (κ1) is 14.8. The van der Waals surface area contributed by atoms with E-state index in [0.29, 0.717) is 0 Å². The average Bonchev–Trinajstić information content (AvgIpc) is 2.99. The zero-order chi connectivity index (χ0) is 15.6. The van der Waals surface area contributed by atoms with Crippen LogP contribution in [-0.4, -0.2) is 8.07 Å². The summed E-state index contributed by atoms with van der Waals surface area (Å²) >= 11 is 0. The predicted octanol–water partition coefficient (Wildman–Crippen LogP) is 5.86. The molecule has 0 aliphatic heterocycles. The van der Waals surface area contributed by atoms with Gasteiger partial charge in [-0.2, -0.15) is 0 Å². The van der Waals surface area contributed by atoms with Crippen molar-refractivity contribution in [3.8, 4) is 0 Å². The molecule has 0 aromatic heterocycles. The number of hydrogen-bond donors (Lipinski definition) is 0. The summed E-state index contributed by atoms with van der Waals surface area (Å²) in [6.45, 7) is 7.25. The lowest BCUT2D eigenvalue weighted by Gasteiger charge is -2.23. The second-order valence-corrected chi connectivity index (χ2v) is 11.7. The van der Waals surface area contributed by atoms with E-state index in [1.54, 1.807) is 0 Å². The first-order valence-electron chi connectivity index (χ1n) is 7.82. The zero-order valence-electron chi connectivity index (χ0n) is 13.5. The molecule has 1 heteroatoms. The molecule has 2 aromatic carbocycles. The molecule has 0 nitrogen and oxygen atoms in total. The normalized spacial score (nSPS) is 14.1. The van der Waals surface area contributed by atoms with Crippen molar-refractivity contribution >= 4 is 13.6 Å². The minimum atomic E-state index is -1.38. The highest BCUT2D eigenvalue weighted by atomic mass is 28.3. The molecule has 0 amide bonds. The minimum Gasteiger partial charge on any atom is -0.0656 e. The molecule has 0 saturated heterocycles. The van der Waals surface area contributed by atoms with Crippen molar-refractivity contribution in [2.75, 3.05) is 0 Å². The van der Waals surface area contributed by atoms with Crippen molar-refractivity contribution in [1.82, 2.24) is 0 Å². The lowest BCUT2D eigenvalue weighted by atomic mass is 9.93. The van der Waals surface area contributed by atoms with Gasteiger partial charge in [0.15, 0.2) is 0 Å². The van der Waals surface area contributed by atoms with Gasteiger partial charge in [-0.05, 0) is 22.3 Å². The molecule has 0 saturated carbocycles. The van der Waals surface area contributed by atoms with Gasteiger partial charge in [0.1, 0.15) is 0 Å². The maximum Gasteiger partial charge on any atom is 0.0784 e. The second kappa shape index (κ2) is 5.94. The highest BCUT2D eigenvalue weighted by molar-refractivity contribution is 6.84. The summed E-state index contributed by atoms with van der Waals surface area (Å²) in [6.07, 6.45) is 6.80. The maximum absolute atomic E-state index is 2.42. The van der Waals surface area contributed by atoms with Crippen LogP contribution in [0.2, 0.25) is 19.6 Å². The fourth-order valence-corrected chi connectivity index (χ4v) is 4.59. The first-order valence-corrected chi connectivity index (χ1v) is 11.3. The summed E-state index contributed by atoms with van der Waals surface area (Å²) in [5, 5.41) is 1.54. The third-order valence-corrected chi connectivity index (χ3v) is 6.07. The molecule has 0 heterocycles. The highest BCUT2D eigenvalue weighted by Crippen LogP contribution is 2.37. The topological polar surface area (TPSA) is 0 Å². The molecule has 0 atom stereocenters. The maximum atomic E-state index is 2.42. The lowest BCUT2D eigenvalue weighted by Crippen LogP contribution is -2.24. The van der Waals surface area contributed by atoms with Crippen LogP contribution < -0.4 is 0 Å². The van der Waals surface area contributed by atoms with Gasteiger partial charge < -0.3 is 0 Å². The molecule has 0 N–H and O–H groups in total. The summed E-state index contributed by atoms with van der Waals surface area (Å²) < 4.78 is 0. The Morgan fingerprint density at radius 2 is 1.23 bits per heavy atom. The van der Waals surface area contributed by atoms with Gasteiger partial charge in [0, 0.05) is 0 Å². The minimum absolute atomic E-state index is 1.29. The molecule has 22 heavy (non-hydrogen) atoms. The fourth-order valence-electron chi connectivity index (χ4n) is 2.98. The van der Waals surface area contributed by atoms with E-state index >= 15 is 0 Å². The molecule has 0 unspecified atom stereocenters. The summed E-state index contributed by atoms with van der Waals surface area (Å²) in [6, 6.07) is 21.5. The molecule has 0 radical (unpaired) electrons. The molecule has 0 fully saturated rings. The Labute approximate surface area is 134 Å². The first-order chi connectivity index (χ1) is 10.6. The molecule has 110 valence electrons. The molecular formula is C21H22Si. The summed E-state index contributed by atoms with van der Waals surface area (Å²) in [7, 11) is -1.38. The summed E-state index contributed by atoms with van der Waals surface area (Å²) in [5.74, 6) is 0. The van der Waals surface area contributed by atoms with Crippen LogP contribution in [0.25, 0.3) is 5.57 Å². The van der Waals surface area contributed by atoms with Crippen molar-refractivity contribution in [2.45, 2.75) is 19.6 Å². The van der Waals surface area contributed by atoms with Crippen LogP contribution in [0.3, 0.4) is 0 Å². The van der Waals surface area contributed by atoms with Crippen LogP contribution in [0.15, 0.2) is 89.7 Å². The molecule has 1 aliphatic rings. The van der Waals surface area contributed by atoms with E-state index in [9.17, 15) is 0 Å². The molecule has 0 spiro atoms. The Hall–Kier alpha value is -2.12. The quantitative estimate of drug-likeness (QED) is 0.623. The Morgan fingerprint density at radius 1 is 0.727 bits per heavy atom. The van der Waals surface area contributed by atoms with Crippen molar-refractivity contribution < 1.29 is 0 Å². The van der Waals surface area contributed by atoms with Gasteiger partial charge in [-0.3, -0.25) is 0 Å². The second-order valence-electron chi connectivity index (χ2n) is 6.71. The van der Waals surface area contributed by atoms with Gasteiger partial charge in [-0.1, -0.05) is 104 Å². The molecule has 0 bridgehead atoms. The summed E-state index contributed by atoms with van der Waals surface area (Å²) in [4.78, 5) is 0. The number of hydrogen-bond acceptors (Lipinski definition) is 0. The van der Waals surface area contributed by atoms with Crippen molar-refractivity contribution in [1.29, 1.82) is 0 Å². The van der Waals surface area contributed by atoms with E-state index in [1.807, 2.05) is 0 Å². The van der Waals surface area contributed by atoms with Crippen molar-refractivity contribution in [3.63, 3.8) is 0 Å².